The predicted molar refractivity (Wildman–Crippen MR) is 100.0 cm³/mol. The lowest BCUT2D eigenvalue weighted by molar-refractivity contribution is -0.131. The van der Waals surface area contributed by atoms with Crippen molar-refractivity contribution in [3.8, 4) is 0 Å². The van der Waals surface area contributed by atoms with Crippen LogP contribution in [-0.4, -0.2) is 59.4 Å². The van der Waals surface area contributed by atoms with Crippen LogP contribution in [0.1, 0.15) is 21.9 Å². The van der Waals surface area contributed by atoms with Crippen molar-refractivity contribution in [2.24, 2.45) is 5.73 Å². The fraction of sp³-hybridized carbons (Fsp3) is 0.412. The molecule has 2 aromatic heterocycles. The number of aromatic nitrogens is 2. The molecule has 0 spiro atoms. The van der Waals surface area contributed by atoms with Gasteiger partial charge in [0.2, 0.25) is 5.91 Å². The van der Waals surface area contributed by atoms with E-state index in [1.807, 2.05) is 23.1 Å². The van der Waals surface area contributed by atoms with Gasteiger partial charge >= 0.3 is 0 Å². The first-order valence-electron chi connectivity index (χ1n) is 8.54. The number of rotatable bonds is 6. The second kappa shape index (κ2) is 8.72. The molecule has 0 atom stereocenters. The fourth-order valence-corrected chi connectivity index (χ4v) is 3.42. The van der Waals surface area contributed by atoms with E-state index in [0.717, 1.165) is 23.9 Å². The van der Waals surface area contributed by atoms with E-state index in [0.29, 0.717) is 31.9 Å². The predicted octanol–water partition coefficient (Wildman–Crippen LogP) is 0.465. The van der Waals surface area contributed by atoms with E-state index in [1.165, 1.54) is 11.3 Å². The summed E-state index contributed by atoms with van der Waals surface area (Å²) < 4.78 is 0. The Labute approximate surface area is 156 Å². The van der Waals surface area contributed by atoms with Crippen molar-refractivity contribution in [1.29, 1.82) is 0 Å². The van der Waals surface area contributed by atoms with E-state index in [1.54, 1.807) is 11.6 Å². The summed E-state index contributed by atoms with van der Waals surface area (Å²) in [6.45, 7) is 3.46. The van der Waals surface area contributed by atoms with Crippen LogP contribution in [0.25, 0.3) is 0 Å². The van der Waals surface area contributed by atoms with Gasteiger partial charge in [0.15, 0.2) is 0 Å². The first-order chi connectivity index (χ1) is 12.7. The zero-order valence-electron chi connectivity index (χ0n) is 14.4. The molecule has 9 heteroatoms. The van der Waals surface area contributed by atoms with E-state index in [-0.39, 0.29) is 18.2 Å². The van der Waals surface area contributed by atoms with Gasteiger partial charge in [-0.15, -0.1) is 11.3 Å². The average Bonchev–Trinajstić information content (AvgIpc) is 3.18. The molecule has 1 fully saturated rings. The molecule has 3 heterocycles. The lowest BCUT2D eigenvalue weighted by atomic mass is 10.2. The number of carbonyl (C=O) groups excluding carboxylic acids is 2. The smallest absolute Gasteiger partial charge is 0.270 e. The van der Waals surface area contributed by atoms with Gasteiger partial charge in [-0.3, -0.25) is 9.59 Å². The third-order valence-corrected chi connectivity index (χ3v) is 5.06. The third kappa shape index (κ3) is 4.55. The van der Waals surface area contributed by atoms with Crippen molar-refractivity contribution < 1.29 is 9.59 Å². The van der Waals surface area contributed by atoms with E-state index in [9.17, 15) is 9.59 Å². The van der Waals surface area contributed by atoms with Crippen molar-refractivity contribution >= 4 is 29.0 Å². The van der Waals surface area contributed by atoms with Gasteiger partial charge in [-0.05, 0) is 12.1 Å². The molecular weight excluding hydrogens is 352 g/mol. The number of amides is 2. The molecule has 8 nitrogen and oxygen atoms in total. The van der Waals surface area contributed by atoms with Crippen LogP contribution >= 0.6 is 11.3 Å². The highest BCUT2D eigenvalue weighted by Crippen LogP contribution is 2.13. The largest absolute Gasteiger partial charge is 0.353 e. The highest BCUT2D eigenvalue weighted by atomic mass is 32.1. The summed E-state index contributed by atoms with van der Waals surface area (Å²) in [5, 5.41) is 5.13. The van der Waals surface area contributed by atoms with Crippen molar-refractivity contribution in [3.63, 3.8) is 0 Å². The molecule has 0 aliphatic carbocycles. The highest BCUT2D eigenvalue weighted by Gasteiger charge is 2.21. The van der Waals surface area contributed by atoms with Gasteiger partial charge in [-0.25, -0.2) is 9.97 Å². The van der Waals surface area contributed by atoms with Crippen LogP contribution in [0.4, 0.5) is 5.82 Å². The minimum Gasteiger partial charge on any atom is -0.353 e. The number of hydrogen-bond donors (Lipinski definition) is 2. The molecule has 138 valence electrons. The lowest BCUT2D eigenvalue weighted by Crippen LogP contribution is -2.49. The summed E-state index contributed by atoms with van der Waals surface area (Å²) in [5.74, 6) is 0.715. The Morgan fingerprint density at radius 3 is 2.69 bits per heavy atom. The quantitative estimate of drug-likeness (QED) is 0.761. The Balaban J connectivity index is 1.40. The molecule has 26 heavy (non-hydrogen) atoms. The van der Waals surface area contributed by atoms with E-state index < -0.39 is 0 Å². The molecule has 0 radical (unpaired) electrons. The van der Waals surface area contributed by atoms with Crippen molar-refractivity contribution in [2.45, 2.75) is 13.0 Å². The molecule has 1 aliphatic heterocycles. The minimum absolute atomic E-state index is 0.0481. The summed E-state index contributed by atoms with van der Waals surface area (Å²) >= 11 is 1.36. The van der Waals surface area contributed by atoms with Crippen LogP contribution in [0.5, 0.6) is 0 Å². The Bertz CT molecular complexity index is 743. The maximum atomic E-state index is 12.3. The van der Waals surface area contributed by atoms with Crippen LogP contribution in [-0.2, 0) is 11.3 Å². The van der Waals surface area contributed by atoms with Gasteiger partial charge in [0.25, 0.3) is 5.91 Å². The molecule has 2 amide bonds. The monoisotopic (exact) mass is 374 g/mol. The van der Waals surface area contributed by atoms with E-state index in [2.05, 4.69) is 20.2 Å². The van der Waals surface area contributed by atoms with Crippen LogP contribution in [0.15, 0.2) is 29.8 Å². The maximum Gasteiger partial charge on any atom is 0.270 e. The first kappa shape index (κ1) is 18.3. The van der Waals surface area contributed by atoms with Gasteiger partial charge in [-0.1, -0.05) is 6.07 Å². The van der Waals surface area contributed by atoms with Crippen LogP contribution < -0.4 is 16.0 Å². The summed E-state index contributed by atoms with van der Waals surface area (Å²) in [4.78, 5) is 36.8. The molecular formula is C17H22N6O2S. The first-order valence-corrected chi connectivity index (χ1v) is 9.42. The average molecular weight is 374 g/mol. The standard InChI is InChI=1S/C17H22N6O2S/c18-11-15-21-13(12-26-15)17(25)20-6-4-16(24)23-9-7-22(8-10-23)14-3-1-2-5-19-14/h1-3,5,12H,4,6-11,18H2,(H,20,25). The van der Waals surface area contributed by atoms with Crippen LogP contribution in [0.3, 0.4) is 0 Å². The van der Waals surface area contributed by atoms with Gasteiger partial charge < -0.3 is 20.9 Å². The number of hydrogen-bond acceptors (Lipinski definition) is 7. The Morgan fingerprint density at radius 2 is 2.04 bits per heavy atom. The third-order valence-electron chi connectivity index (χ3n) is 4.19. The Kier molecular flexibility index (Phi) is 6.13. The normalized spacial score (nSPS) is 14.3. The van der Waals surface area contributed by atoms with Crippen molar-refractivity contribution in [3.05, 3.63) is 40.5 Å². The topological polar surface area (TPSA) is 104 Å². The summed E-state index contributed by atoms with van der Waals surface area (Å²) in [6.07, 6.45) is 2.05. The molecule has 0 unspecified atom stereocenters. The lowest BCUT2D eigenvalue weighted by Gasteiger charge is -2.35. The second-order valence-electron chi connectivity index (χ2n) is 5.89. The molecule has 1 saturated heterocycles. The molecule has 0 saturated carbocycles. The second-order valence-corrected chi connectivity index (χ2v) is 6.83. The number of nitrogens with one attached hydrogen (secondary N) is 1. The highest BCUT2D eigenvalue weighted by molar-refractivity contribution is 7.09. The van der Waals surface area contributed by atoms with Crippen LogP contribution in [0, 0.1) is 0 Å². The number of pyridine rings is 1. The molecule has 0 aromatic carbocycles. The molecule has 1 aliphatic rings. The summed E-state index contributed by atoms with van der Waals surface area (Å²) in [5.41, 5.74) is 5.84. The molecule has 3 rings (SSSR count). The van der Waals surface area contributed by atoms with E-state index >= 15 is 0 Å². The SMILES string of the molecule is NCc1nc(C(=O)NCCC(=O)N2CCN(c3ccccn3)CC2)cs1. The van der Waals surface area contributed by atoms with Gasteiger partial charge in [-0.2, -0.15) is 0 Å². The summed E-state index contributed by atoms with van der Waals surface area (Å²) in [7, 11) is 0. The van der Waals surface area contributed by atoms with E-state index in [4.69, 9.17) is 5.73 Å². The Hall–Kier alpha value is -2.52. The van der Waals surface area contributed by atoms with Gasteiger partial charge in [0, 0.05) is 57.3 Å². The maximum absolute atomic E-state index is 12.3. The Morgan fingerprint density at radius 1 is 1.23 bits per heavy atom. The number of piperazine rings is 1. The molecule has 3 N–H and O–H groups in total. The van der Waals surface area contributed by atoms with Crippen LogP contribution in [0.2, 0.25) is 0 Å². The van der Waals surface area contributed by atoms with Crippen molar-refractivity contribution in [1.82, 2.24) is 20.2 Å². The molecule has 0 bridgehead atoms. The summed E-state index contributed by atoms with van der Waals surface area (Å²) in [6, 6.07) is 5.82. The number of nitrogens with two attached hydrogens (primary N) is 1. The molecule has 2 aromatic rings. The number of thiazole rings is 1. The zero-order chi connectivity index (χ0) is 18.4. The van der Waals surface area contributed by atoms with Crippen molar-refractivity contribution in [2.75, 3.05) is 37.6 Å². The van der Waals surface area contributed by atoms with Gasteiger partial charge in [0.05, 0.1) is 0 Å². The number of carbonyl (C=O) groups is 2. The number of nitrogens with zero attached hydrogens (tertiary/aromatic N) is 4. The minimum atomic E-state index is -0.270. The van der Waals surface area contributed by atoms with Gasteiger partial charge in [0.1, 0.15) is 16.5 Å². The number of anilines is 1. The zero-order valence-corrected chi connectivity index (χ0v) is 15.2. The fourth-order valence-electron chi connectivity index (χ4n) is 2.77.